The number of imidazole rings is 1. The van der Waals surface area contributed by atoms with E-state index in [0.29, 0.717) is 0 Å². The number of hydrogen-bond acceptors (Lipinski definition) is 2. The molecule has 1 heterocycles. The van der Waals surface area contributed by atoms with E-state index in [9.17, 15) is 0 Å². The van der Waals surface area contributed by atoms with Crippen LogP contribution in [0.4, 0.5) is 5.69 Å². The van der Waals surface area contributed by atoms with Crippen LogP contribution in [-0.4, -0.2) is 9.55 Å². The molecule has 0 atom stereocenters. The number of anilines is 1. The average molecular weight is 263 g/mol. The van der Waals surface area contributed by atoms with Gasteiger partial charge in [-0.2, -0.15) is 0 Å². The second kappa shape index (κ2) is 5.61. The summed E-state index contributed by atoms with van der Waals surface area (Å²) in [6.07, 6.45) is 5.53. The molecule has 0 amide bonds. The molecule has 0 aliphatic carbocycles. The zero-order valence-corrected chi connectivity index (χ0v) is 11.5. The highest BCUT2D eigenvalue weighted by molar-refractivity contribution is 5.46. The number of nitrogens with zero attached hydrogens (tertiary/aromatic N) is 2. The molecule has 0 bridgehead atoms. The molecule has 20 heavy (non-hydrogen) atoms. The Balaban J connectivity index is 1.67. The molecule has 0 saturated carbocycles. The Morgan fingerprint density at radius 1 is 1.10 bits per heavy atom. The lowest BCUT2D eigenvalue weighted by Crippen LogP contribution is -2.00. The largest absolute Gasteiger partial charge is 0.381 e. The first-order valence-corrected chi connectivity index (χ1v) is 6.69. The lowest BCUT2D eigenvalue weighted by Gasteiger charge is -2.08. The maximum Gasteiger partial charge on any atom is 0.0991 e. The Bertz CT molecular complexity index is 670. The van der Waals surface area contributed by atoms with E-state index in [2.05, 4.69) is 65.8 Å². The Labute approximate surface area is 118 Å². The fraction of sp³-hybridized carbons (Fsp3) is 0.118. The summed E-state index contributed by atoms with van der Waals surface area (Å²) in [5.74, 6) is 0. The lowest BCUT2D eigenvalue weighted by atomic mass is 10.2. The third kappa shape index (κ3) is 2.88. The van der Waals surface area contributed by atoms with Gasteiger partial charge in [0.1, 0.15) is 0 Å². The molecule has 3 aromatic rings. The fourth-order valence-corrected chi connectivity index (χ4v) is 2.16. The van der Waals surface area contributed by atoms with E-state index < -0.39 is 0 Å². The van der Waals surface area contributed by atoms with E-state index in [4.69, 9.17) is 0 Å². The van der Waals surface area contributed by atoms with Crippen molar-refractivity contribution in [2.24, 2.45) is 0 Å². The third-order valence-corrected chi connectivity index (χ3v) is 3.25. The van der Waals surface area contributed by atoms with Crippen LogP contribution in [0.2, 0.25) is 0 Å². The highest BCUT2D eigenvalue weighted by atomic mass is 15.0. The van der Waals surface area contributed by atoms with Crippen LogP contribution in [0.25, 0.3) is 5.69 Å². The van der Waals surface area contributed by atoms with Crippen LogP contribution < -0.4 is 5.32 Å². The van der Waals surface area contributed by atoms with Gasteiger partial charge >= 0.3 is 0 Å². The standard InChI is InChI=1S/C17H17N3/c1-14-3-2-4-16(11-14)19-12-15-5-7-17(8-6-15)20-10-9-18-13-20/h2-11,13,19H,12H2,1H3. The van der Waals surface area contributed by atoms with Crippen molar-refractivity contribution in [2.75, 3.05) is 5.32 Å². The minimum atomic E-state index is 0.827. The summed E-state index contributed by atoms with van der Waals surface area (Å²) in [7, 11) is 0. The first-order valence-electron chi connectivity index (χ1n) is 6.69. The quantitative estimate of drug-likeness (QED) is 0.776. The monoisotopic (exact) mass is 263 g/mol. The van der Waals surface area contributed by atoms with Crippen LogP contribution in [0, 0.1) is 6.92 Å². The summed E-state index contributed by atoms with van der Waals surface area (Å²) < 4.78 is 2.00. The SMILES string of the molecule is Cc1cccc(NCc2ccc(-n3ccnc3)cc2)c1. The van der Waals surface area contributed by atoms with Crippen molar-refractivity contribution < 1.29 is 0 Å². The van der Waals surface area contributed by atoms with Crippen LogP contribution in [0.3, 0.4) is 0 Å². The van der Waals surface area contributed by atoms with Gasteiger partial charge < -0.3 is 9.88 Å². The highest BCUT2D eigenvalue weighted by Crippen LogP contribution is 2.13. The second-order valence-electron chi connectivity index (χ2n) is 4.86. The van der Waals surface area contributed by atoms with Crippen LogP contribution in [-0.2, 0) is 6.54 Å². The normalized spacial score (nSPS) is 10.4. The van der Waals surface area contributed by atoms with Crippen molar-refractivity contribution in [1.29, 1.82) is 0 Å². The molecule has 3 heteroatoms. The Hall–Kier alpha value is -2.55. The fourth-order valence-electron chi connectivity index (χ4n) is 2.16. The molecule has 2 aromatic carbocycles. The predicted octanol–water partition coefficient (Wildman–Crippen LogP) is 3.79. The van der Waals surface area contributed by atoms with Crippen molar-refractivity contribution in [1.82, 2.24) is 9.55 Å². The van der Waals surface area contributed by atoms with E-state index in [0.717, 1.165) is 17.9 Å². The summed E-state index contributed by atoms with van der Waals surface area (Å²) in [6.45, 7) is 2.93. The van der Waals surface area contributed by atoms with Crippen molar-refractivity contribution >= 4 is 5.69 Å². The zero-order chi connectivity index (χ0) is 13.8. The number of hydrogen-bond donors (Lipinski definition) is 1. The van der Waals surface area contributed by atoms with Crippen LogP contribution in [0.1, 0.15) is 11.1 Å². The minimum absolute atomic E-state index is 0.827. The molecule has 0 radical (unpaired) electrons. The van der Waals surface area contributed by atoms with Gasteiger partial charge in [0, 0.05) is 30.3 Å². The molecule has 0 saturated heterocycles. The van der Waals surface area contributed by atoms with Gasteiger partial charge in [-0.3, -0.25) is 0 Å². The maximum absolute atomic E-state index is 4.06. The van der Waals surface area contributed by atoms with Gasteiger partial charge in [0.2, 0.25) is 0 Å². The summed E-state index contributed by atoms with van der Waals surface area (Å²) in [5, 5.41) is 3.44. The zero-order valence-electron chi connectivity index (χ0n) is 11.5. The molecule has 0 aliphatic rings. The number of aryl methyl sites for hydroxylation is 1. The van der Waals surface area contributed by atoms with Crippen molar-refractivity contribution in [3.05, 3.63) is 78.4 Å². The molecule has 1 N–H and O–H groups in total. The Morgan fingerprint density at radius 2 is 1.95 bits per heavy atom. The Kier molecular flexibility index (Phi) is 3.50. The first-order chi connectivity index (χ1) is 9.81. The number of rotatable bonds is 4. The Morgan fingerprint density at radius 3 is 2.65 bits per heavy atom. The third-order valence-electron chi connectivity index (χ3n) is 3.25. The van der Waals surface area contributed by atoms with Crippen molar-refractivity contribution in [2.45, 2.75) is 13.5 Å². The van der Waals surface area contributed by atoms with Crippen LogP contribution >= 0.6 is 0 Å². The molecule has 0 fully saturated rings. The lowest BCUT2D eigenvalue weighted by molar-refractivity contribution is 1.05. The molecule has 0 spiro atoms. The summed E-state index contributed by atoms with van der Waals surface area (Å²) in [5.41, 5.74) is 4.81. The van der Waals surface area contributed by atoms with Crippen molar-refractivity contribution in [3.63, 3.8) is 0 Å². The summed E-state index contributed by atoms with van der Waals surface area (Å²) in [6, 6.07) is 16.9. The molecule has 3 rings (SSSR count). The smallest absolute Gasteiger partial charge is 0.0991 e. The predicted molar refractivity (Wildman–Crippen MR) is 82.1 cm³/mol. The summed E-state index contributed by atoms with van der Waals surface area (Å²) in [4.78, 5) is 4.06. The average Bonchev–Trinajstić information content (AvgIpc) is 3.00. The highest BCUT2D eigenvalue weighted by Gasteiger charge is 1.97. The van der Waals surface area contributed by atoms with E-state index in [1.54, 1.807) is 12.5 Å². The van der Waals surface area contributed by atoms with Gasteiger partial charge in [-0.05, 0) is 42.3 Å². The van der Waals surface area contributed by atoms with Gasteiger partial charge in [0.25, 0.3) is 0 Å². The summed E-state index contributed by atoms with van der Waals surface area (Å²) >= 11 is 0. The number of aromatic nitrogens is 2. The molecule has 3 nitrogen and oxygen atoms in total. The van der Waals surface area contributed by atoms with E-state index >= 15 is 0 Å². The molecule has 0 unspecified atom stereocenters. The van der Waals surface area contributed by atoms with Gasteiger partial charge in [-0.15, -0.1) is 0 Å². The van der Waals surface area contributed by atoms with Crippen molar-refractivity contribution in [3.8, 4) is 5.69 Å². The molecular formula is C17H17N3. The van der Waals surface area contributed by atoms with Crippen LogP contribution in [0.15, 0.2) is 67.3 Å². The van der Waals surface area contributed by atoms with E-state index in [1.807, 2.05) is 10.8 Å². The second-order valence-corrected chi connectivity index (χ2v) is 4.86. The van der Waals surface area contributed by atoms with Gasteiger partial charge in [-0.25, -0.2) is 4.98 Å². The number of benzene rings is 2. The minimum Gasteiger partial charge on any atom is -0.381 e. The van der Waals surface area contributed by atoms with Crippen LogP contribution in [0.5, 0.6) is 0 Å². The van der Waals surface area contributed by atoms with Gasteiger partial charge in [0.15, 0.2) is 0 Å². The molecule has 100 valence electrons. The molecular weight excluding hydrogens is 246 g/mol. The molecule has 0 aliphatic heterocycles. The topological polar surface area (TPSA) is 29.9 Å². The van der Waals surface area contributed by atoms with E-state index in [-0.39, 0.29) is 0 Å². The maximum atomic E-state index is 4.06. The van der Waals surface area contributed by atoms with Gasteiger partial charge in [-0.1, -0.05) is 24.3 Å². The number of nitrogens with one attached hydrogen (secondary N) is 1. The first kappa shape index (κ1) is 12.5. The molecule has 1 aromatic heterocycles. The van der Waals surface area contributed by atoms with Gasteiger partial charge in [0.05, 0.1) is 6.33 Å². The van der Waals surface area contributed by atoms with E-state index in [1.165, 1.54) is 11.1 Å².